The number of rotatable bonds is 12. The average Bonchev–Trinajstić information content (AvgIpc) is 3.32. The minimum atomic E-state index is -0.807. The largest absolute Gasteiger partial charge is 0.480 e. The predicted octanol–water partition coefficient (Wildman–Crippen LogP) is 4.75. The number of carboxylic acid groups (broad SMARTS) is 1. The number of hydrogen-bond donors (Lipinski definition) is 2. The van der Waals surface area contributed by atoms with Gasteiger partial charge in [0.05, 0.1) is 18.8 Å². The van der Waals surface area contributed by atoms with Crippen molar-refractivity contribution in [3.05, 3.63) is 58.8 Å². The lowest BCUT2D eigenvalue weighted by molar-refractivity contribution is -0.143. The number of aliphatic carboxylic acids is 1. The van der Waals surface area contributed by atoms with Crippen LogP contribution in [-0.4, -0.2) is 59.4 Å². The molecule has 0 amide bonds. The zero-order valence-electron chi connectivity index (χ0n) is 21.2. The van der Waals surface area contributed by atoms with E-state index >= 15 is 0 Å². The molecule has 3 heterocycles. The molecule has 7 nitrogen and oxygen atoms in total. The molecule has 1 aromatic heterocycles. The molecular weight excluding hydrogens is 454 g/mol. The van der Waals surface area contributed by atoms with Gasteiger partial charge in [-0.15, -0.1) is 0 Å². The number of fused-ring (bicyclic) bond motifs is 1. The summed E-state index contributed by atoms with van der Waals surface area (Å²) in [6.07, 6.45) is 9.97. The van der Waals surface area contributed by atoms with Crippen molar-refractivity contribution in [2.45, 2.75) is 82.6 Å². The van der Waals surface area contributed by atoms with Crippen molar-refractivity contribution < 1.29 is 19.4 Å². The number of pyridine rings is 1. The first kappa shape index (κ1) is 25.2. The van der Waals surface area contributed by atoms with Gasteiger partial charge in [-0.3, -0.25) is 9.69 Å². The van der Waals surface area contributed by atoms with Crippen LogP contribution >= 0.6 is 0 Å². The van der Waals surface area contributed by atoms with Gasteiger partial charge in [0.1, 0.15) is 11.9 Å². The summed E-state index contributed by atoms with van der Waals surface area (Å²) in [6, 6.07) is 11.5. The molecular formula is C29H39N3O4. The molecule has 7 heteroatoms. The lowest BCUT2D eigenvalue weighted by Crippen LogP contribution is -2.34. The van der Waals surface area contributed by atoms with Crippen LogP contribution in [0.15, 0.2) is 36.4 Å². The van der Waals surface area contributed by atoms with Crippen LogP contribution in [0.25, 0.3) is 0 Å². The highest BCUT2D eigenvalue weighted by atomic mass is 16.5. The molecule has 1 aliphatic carbocycles. The number of ether oxygens (including phenoxy) is 2. The zero-order chi connectivity index (χ0) is 24.7. The lowest BCUT2D eigenvalue weighted by Gasteiger charge is -2.28. The fraction of sp³-hybridized carbons (Fsp3) is 0.586. The van der Waals surface area contributed by atoms with E-state index < -0.39 is 12.0 Å². The zero-order valence-corrected chi connectivity index (χ0v) is 21.2. The standard InChI is InChI=1S/C29H39N3O4/c33-29(34)27(26-12-2-1-7-22(26)20-36-24-10-5-11-24)32-17-15-25(19-32)35-18-4-3-9-23-14-13-21-8-6-16-30-28(21)31-23/h1-2,7,12-14,24-25,27H,3-6,8-11,15-20H2,(H,30,31)(H,33,34)/t25-,27+/m1/s1. The van der Waals surface area contributed by atoms with E-state index in [-0.39, 0.29) is 6.10 Å². The van der Waals surface area contributed by atoms with Crippen molar-refractivity contribution >= 4 is 11.8 Å². The summed E-state index contributed by atoms with van der Waals surface area (Å²) in [7, 11) is 0. The smallest absolute Gasteiger partial charge is 0.325 e. The Morgan fingerprint density at radius 1 is 1.08 bits per heavy atom. The number of carbonyl (C=O) groups is 1. The summed E-state index contributed by atoms with van der Waals surface area (Å²) in [4.78, 5) is 19.2. The van der Waals surface area contributed by atoms with Crippen molar-refractivity contribution in [1.29, 1.82) is 0 Å². The Bertz CT molecular complexity index is 1030. The summed E-state index contributed by atoms with van der Waals surface area (Å²) >= 11 is 0. The number of aryl methyl sites for hydroxylation is 2. The number of benzene rings is 1. The van der Waals surface area contributed by atoms with Gasteiger partial charge in [-0.2, -0.15) is 0 Å². The van der Waals surface area contributed by atoms with E-state index in [0.29, 0.717) is 25.9 Å². The Kier molecular flexibility index (Phi) is 8.51. The second-order valence-electron chi connectivity index (χ2n) is 10.4. The number of nitrogens with one attached hydrogen (secondary N) is 1. The van der Waals surface area contributed by atoms with Gasteiger partial charge in [0, 0.05) is 31.9 Å². The summed E-state index contributed by atoms with van der Waals surface area (Å²) in [5.74, 6) is 0.254. The van der Waals surface area contributed by atoms with Gasteiger partial charge in [-0.1, -0.05) is 30.3 Å². The number of carboxylic acids is 1. The SMILES string of the molecule is O=C(O)[C@H](c1ccccc1COC1CCC1)N1CC[C@@H](OCCCCc2ccc3c(n2)NCCC3)C1. The monoisotopic (exact) mass is 493 g/mol. The number of aromatic nitrogens is 1. The highest BCUT2D eigenvalue weighted by Crippen LogP contribution is 2.31. The molecule has 3 aliphatic rings. The summed E-state index contributed by atoms with van der Waals surface area (Å²) in [6.45, 7) is 3.56. The van der Waals surface area contributed by atoms with E-state index in [2.05, 4.69) is 22.3 Å². The van der Waals surface area contributed by atoms with Crippen molar-refractivity contribution in [3.63, 3.8) is 0 Å². The van der Waals surface area contributed by atoms with Crippen LogP contribution in [0.2, 0.25) is 0 Å². The van der Waals surface area contributed by atoms with E-state index in [1.54, 1.807) is 0 Å². The fourth-order valence-corrected chi connectivity index (χ4v) is 5.45. The quantitative estimate of drug-likeness (QED) is 0.413. The molecule has 0 radical (unpaired) electrons. The van der Waals surface area contributed by atoms with Crippen LogP contribution in [0.3, 0.4) is 0 Å². The maximum atomic E-state index is 12.3. The molecule has 2 N–H and O–H groups in total. The van der Waals surface area contributed by atoms with Crippen LogP contribution < -0.4 is 5.32 Å². The van der Waals surface area contributed by atoms with Gasteiger partial charge in [-0.05, 0) is 80.5 Å². The predicted molar refractivity (Wildman–Crippen MR) is 139 cm³/mol. The Morgan fingerprint density at radius 3 is 2.81 bits per heavy atom. The lowest BCUT2D eigenvalue weighted by atomic mass is 9.95. The van der Waals surface area contributed by atoms with E-state index in [4.69, 9.17) is 14.5 Å². The van der Waals surface area contributed by atoms with Crippen LogP contribution in [0.4, 0.5) is 5.82 Å². The normalized spacial score (nSPS) is 20.9. The van der Waals surface area contributed by atoms with Gasteiger partial charge in [0.15, 0.2) is 0 Å². The molecule has 1 aromatic carbocycles. The highest BCUT2D eigenvalue weighted by Gasteiger charge is 2.35. The number of hydrogen-bond acceptors (Lipinski definition) is 6. The van der Waals surface area contributed by atoms with Crippen molar-refractivity contribution in [3.8, 4) is 0 Å². The molecule has 5 rings (SSSR count). The van der Waals surface area contributed by atoms with E-state index in [0.717, 1.165) is 80.7 Å². The Hall–Kier alpha value is -2.48. The summed E-state index contributed by atoms with van der Waals surface area (Å²) in [5, 5.41) is 13.5. The van der Waals surface area contributed by atoms with E-state index in [9.17, 15) is 9.90 Å². The van der Waals surface area contributed by atoms with Gasteiger partial charge >= 0.3 is 5.97 Å². The Labute approximate surface area is 214 Å². The first-order valence-corrected chi connectivity index (χ1v) is 13.7. The maximum Gasteiger partial charge on any atom is 0.325 e. The van der Waals surface area contributed by atoms with E-state index in [1.165, 1.54) is 18.4 Å². The topological polar surface area (TPSA) is 83.9 Å². The van der Waals surface area contributed by atoms with Gasteiger partial charge in [-0.25, -0.2) is 4.98 Å². The maximum absolute atomic E-state index is 12.3. The third kappa shape index (κ3) is 6.25. The van der Waals surface area contributed by atoms with Crippen LogP contribution in [-0.2, 0) is 33.7 Å². The number of unbranched alkanes of at least 4 members (excludes halogenated alkanes) is 1. The molecule has 1 saturated carbocycles. The van der Waals surface area contributed by atoms with Crippen LogP contribution in [0.1, 0.15) is 73.4 Å². The molecule has 2 aromatic rings. The minimum absolute atomic E-state index is 0.0799. The van der Waals surface area contributed by atoms with Crippen molar-refractivity contribution in [2.75, 3.05) is 31.6 Å². The van der Waals surface area contributed by atoms with Gasteiger partial charge < -0.3 is 19.9 Å². The van der Waals surface area contributed by atoms with Crippen molar-refractivity contribution in [2.24, 2.45) is 0 Å². The number of nitrogens with zero attached hydrogens (tertiary/aromatic N) is 2. The van der Waals surface area contributed by atoms with E-state index in [1.807, 2.05) is 24.3 Å². The second-order valence-corrected chi connectivity index (χ2v) is 10.4. The first-order chi connectivity index (χ1) is 17.7. The third-order valence-corrected chi connectivity index (χ3v) is 7.78. The molecule has 36 heavy (non-hydrogen) atoms. The summed E-state index contributed by atoms with van der Waals surface area (Å²) in [5.41, 5.74) is 4.29. The number of likely N-dealkylation sites (tertiary alicyclic amines) is 1. The van der Waals surface area contributed by atoms with Crippen LogP contribution in [0.5, 0.6) is 0 Å². The molecule has 2 aliphatic heterocycles. The van der Waals surface area contributed by atoms with Gasteiger partial charge in [0.25, 0.3) is 0 Å². The second kappa shape index (κ2) is 12.2. The molecule has 2 fully saturated rings. The highest BCUT2D eigenvalue weighted by molar-refractivity contribution is 5.76. The fourth-order valence-electron chi connectivity index (χ4n) is 5.45. The molecule has 1 saturated heterocycles. The third-order valence-electron chi connectivity index (χ3n) is 7.78. The van der Waals surface area contributed by atoms with Crippen LogP contribution in [0, 0.1) is 0 Å². The average molecular weight is 494 g/mol. The molecule has 2 atom stereocenters. The Morgan fingerprint density at radius 2 is 1.97 bits per heavy atom. The van der Waals surface area contributed by atoms with Gasteiger partial charge in [0.2, 0.25) is 0 Å². The van der Waals surface area contributed by atoms with Crippen molar-refractivity contribution in [1.82, 2.24) is 9.88 Å². The minimum Gasteiger partial charge on any atom is -0.480 e. The molecule has 0 unspecified atom stereocenters. The molecule has 0 bridgehead atoms. The Balaban J connectivity index is 1.08. The first-order valence-electron chi connectivity index (χ1n) is 13.7. The molecule has 0 spiro atoms. The summed E-state index contributed by atoms with van der Waals surface area (Å²) < 4.78 is 12.2. The number of anilines is 1. The molecule has 194 valence electrons.